The minimum Gasteiger partial charge on any atom is -0.460 e. The SMILES string of the molecule is CC(C)(C)OC(=O)Cc1ccc(CC#N)nc1. The molecule has 0 N–H and O–H groups in total. The second kappa shape index (κ2) is 5.44. The summed E-state index contributed by atoms with van der Waals surface area (Å²) in [6.45, 7) is 5.50. The highest BCUT2D eigenvalue weighted by molar-refractivity contribution is 5.72. The summed E-state index contributed by atoms with van der Waals surface area (Å²) >= 11 is 0. The number of pyridine rings is 1. The number of nitriles is 1. The van der Waals surface area contributed by atoms with Crippen molar-refractivity contribution in [2.24, 2.45) is 0 Å². The van der Waals surface area contributed by atoms with E-state index in [-0.39, 0.29) is 18.8 Å². The number of hydrogen-bond acceptors (Lipinski definition) is 4. The largest absolute Gasteiger partial charge is 0.460 e. The fourth-order valence-electron chi connectivity index (χ4n) is 1.29. The second-order valence-electron chi connectivity index (χ2n) is 4.76. The van der Waals surface area contributed by atoms with Crippen LogP contribution in [0.3, 0.4) is 0 Å². The number of aromatic nitrogens is 1. The molecule has 0 aliphatic heterocycles. The molecule has 0 aliphatic rings. The Hall–Kier alpha value is -1.89. The third-order valence-corrected chi connectivity index (χ3v) is 1.91. The minimum atomic E-state index is -0.467. The summed E-state index contributed by atoms with van der Waals surface area (Å²) in [7, 11) is 0. The molecule has 0 spiro atoms. The molecule has 0 bridgehead atoms. The molecule has 17 heavy (non-hydrogen) atoms. The smallest absolute Gasteiger partial charge is 0.310 e. The first-order valence-corrected chi connectivity index (χ1v) is 5.43. The fraction of sp³-hybridized carbons (Fsp3) is 0.462. The van der Waals surface area contributed by atoms with Crippen LogP contribution in [-0.2, 0) is 22.4 Å². The van der Waals surface area contributed by atoms with E-state index in [1.165, 1.54) is 0 Å². The van der Waals surface area contributed by atoms with Crippen molar-refractivity contribution in [1.29, 1.82) is 5.26 Å². The Kier molecular flexibility index (Phi) is 4.22. The molecule has 0 amide bonds. The van der Waals surface area contributed by atoms with Gasteiger partial charge in [-0.25, -0.2) is 0 Å². The Morgan fingerprint density at radius 2 is 2.18 bits per heavy atom. The van der Waals surface area contributed by atoms with Gasteiger partial charge in [0.25, 0.3) is 0 Å². The van der Waals surface area contributed by atoms with E-state index < -0.39 is 5.60 Å². The van der Waals surface area contributed by atoms with Crippen LogP contribution in [0.15, 0.2) is 18.3 Å². The van der Waals surface area contributed by atoms with E-state index in [4.69, 9.17) is 10.00 Å². The van der Waals surface area contributed by atoms with E-state index >= 15 is 0 Å². The van der Waals surface area contributed by atoms with Crippen LogP contribution in [0.5, 0.6) is 0 Å². The lowest BCUT2D eigenvalue weighted by atomic mass is 10.1. The van der Waals surface area contributed by atoms with Crippen molar-refractivity contribution >= 4 is 5.97 Å². The summed E-state index contributed by atoms with van der Waals surface area (Å²) < 4.78 is 5.20. The Morgan fingerprint density at radius 1 is 1.47 bits per heavy atom. The molecule has 0 unspecified atom stereocenters. The normalized spacial score (nSPS) is 10.7. The van der Waals surface area contributed by atoms with Crippen LogP contribution in [0.4, 0.5) is 0 Å². The van der Waals surface area contributed by atoms with Crippen LogP contribution in [0.25, 0.3) is 0 Å². The summed E-state index contributed by atoms with van der Waals surface area (Å²) in [6.07, 6.45) is 2.10. The molecule has 0 saturated heterocycles. The molecule has 0 aromatic carbocycles. The molecule has 90 valence electrons. The molecule has 4 heteroatoms. The first-order valence-electron chi connectivity index (χ1n) is 5.43. The zero-order valence-electron chi connectivity index (χ0n) is 10.4. The number of esters is 1. The van der Waals surface area contributed by atoms with E-state index in [2.05, 4.69) is 4.98 Å². The average molecular weight is 232 g/mol. The molecule has 1 aromatic heterocycles. The maximum atomic E-state index is 11.5. The van der Waals surface area contributed by atoms with Crippen LogP contribution in [0.2, 0.25) is 0 Å². The summed E-state index contributed by atoms with van der Waals surface area (Å²) in [5, 5.41) is 8.50. The summed E-state index contributed by atoms with van der Waals surface area (Å²) in [6, 6.07) is 5.57. The predicted octanol–water partition coefficient (Wildman–Crippen LogP) is 2.03. The van der Waals surface area contributed by atoms with Crippen LogP contribution in [-0.4, -0.2) is 16.6 Å². The Morgan fingerprint density at radius 3 is 2.65 bits per heavy atom. The van der Waals surface area contributed by atoms with E-state index in [0.29, 0.717) is 5.69 Å². The molecular formula is C13H16N2O2. The Labute approximate surface area is 101 Å². The maximum Gasteiger partial charge on any atom is 0.310 e. The maximum absolute atomic E-state index is 11.5. The monoisotopic (exact) mass is 232 g/mol. The van der Waals surface area contributed by atoms with Crippen LogP contribution < -0.4 is 0 Å². The van der Waals surface area contributed by atoms with Gasteiger partial charge in [0.1, 0.15) is 5.60 Å². The molecule has 0 aliphatic carbocycles. The van der Waals surface area contributed by atoms with Crippen LogP contribution in [0.1, 0.15) is 32.0 Å². The standard InChI is InChI=1S/C13H16N2O2/c1-13(2,3)17-12(16)8-10-4-5-11(6-7-14)15-9-10/h4-5,9H,6,8H2,1-3H3. The van der Waals surface area contributed by atoms with Gasteiger partial charge in [0.05, 0.1) is 24.6 Å². The van der Waals surface area contributed by atoms with Gasteiger partial charge < -0.3 is 4.74 Å². The van der Waals surface area contributed by atoms with Crippen molar-refractivity contribution in [3.05, 3.63) is 29.6 Å². The summed E-state index contributed by atoms with van der Waals surface area (Å²) in [4.78, 5) is 15.6. The number of carbonyl (C=O) groups is 1. The Bertz CT molecular complexity index is 424. The lowest BCUT2D eigenvalue weighted by Gasteiger charge is -2.19. The van der Waals surface area contributed by atoms with Crippen LogP contribution >= 0.6 is 0 Å². The molecule has 0 saturated carbocycles. The van der Waals surface area contributed by atoms with Crippen LogP contribution in [0, 0.1) is 11.3 Å². The third kappa shape index (κ3) is 5.12. The van der Waals surface area contributed by atoms with Crippen molar-refractivity contribution in [2.45, 2.75) is 39.2 Å². The van der Waals surface area contributed by atoms with Crippen molar-refractivity contribution in [1.82, 2.24) is 4.98 Å². The molecule has 1 rings (SSSR count). The highest BCUT2D eigenvalue weighted by Gasteiger charge is 2.16. The van der Waals surface area contributed by atoms with Gasteiger partial charge >= 0.3 is 5.97 Å². The molecule has 0 atom stereocenters. The van der Waals surface area contributed by atoms with E-state index in [1.807, 2.05) is 26.8 Å². The van der Waals surface area contributed by atoms with E-state index in [1.54, 1.807) is 18.3 Å². The highest BCUT2D eigenvalue weighted by atomic mass is 16.6. The number of nitrogens with zero attached hydrogens (tertiary/aromatic N) is 2. The predicted molar refractivity (Wildman–Crippen MR) is 63.1 cm³/mol. The van der Waals surface area contributed by atoms with Gasteiger partial charge in [-0.1, -0.05) is 6.07 Å². The topological polar surface area (TPSA) is 63.0 Å². The van der Waals surface area contributed by atoms with E-state index in [9.17, 15) is 4.79 Å². The zero-order chi connectivity index (χ0) is 12.9. The third-order valence-electron chi connectivity index (χ3n) is 1.91. The quantitative estimate of drug-likeness (QED) is 0.748. The van der Waals surface area contributed by atoms with Gasteiger partial charge in [0.2, 0.25) is 0 Å². The molecule has 1 heterocycles. The van der Waals surface area contributed by atoms with Crippen molar-refractivity contribution in [2.75, 3.05) is 0 Å². The van der Waals surface area contributed by atoms with Gasteiger partial charge in [-0.05, 0) is 32.4 Å². The Balaban J connectivity index is 2.58. The van der Waals surface area contributed by atoms with Crippen molar-refractivity contribution in [3.8, 4) is 6.07 Å². The number of carbonyl (C=O) groups excluding carboxylic acids is 1. The average Bonchev–Trinajstić information content (AvgIpc) is 2.18. The minimum absolute atomic E-state index is 0.205. The second-order valence-corrected chi connectivity index (χ2v) is 4.76. The first-order chi connectivity index (χ1) is 7.90. The summed E-state index contributed by atoms with van der Waals surface area (Å²) in [5.41, 5.74) is 1.03. The molecular weight excluding hydrogens is 216 g/mol. The highest BCUT2D eigenvalue weighted by Crippen LogP contribution is 2.10. The zero-order valence-corrected chi connectivity index (χ0v) is 10.4. The molecule has 4 nitrogen and oxygen atoms in total. The fourth-order valence-corrected chi connectivity index (χ4v) is 1.29. The summed E-state index contributed by atoms with van der Waals surface area (Å²) in [5.74, 6) is -0.271. The van der Waals surface area contributed by atoms with Crippen molar-refractivity contribution in [3.63, 3.8) is 0 Å². The van der Waals surface area contributed by atoms with Gasteiger partial charge in [0.15, 0.2) is 0 Å². The van der Waals surface area contributed by atoms with Crippen molar-refractivity contribution < 1.29 is 9.53 Å². The number of hydrogen-bond donors (Lipinski definition) is 0. The van der Waals surface area contributed by atoms with E-state index in [0.717, 1.165) is 5.56 Å². The first kappa shape index (κ1) is 13.2. The lowest BCUT2D eigenvalue weighted by molar-refractivity contribution is -0.153. The van der Waals surface area contributed by atoms with Gasteiger partial charge in [-0.2, -0.15) is 5.26 Å². The molecule has 0 radical (unpaired) electrons. The van der Waals surface area contributed by atoms with Gasteiger partial charge in [-0.15, -0.1) is 0 Å². The molecule has 0 fully saturated rings. The van der Waals surface area contributed by atoms with Gasteiger partial charge in [0, 0.05) is 6.20 Å². The number of ether oxygens (including phenoxy) is 1. The molecule has 1 aromatic rings. The lowest BCUT2D eigenvalue weighted by Crippen LogP contribution is -2.24. The number of rotatable bonds is 3. The van der Waals surface area contributed by atoms with Gasteiger partial charge in [-0.3, -0.25) is 9.78 Å².